The molecule has 2 heterocycles. The first kappa shape index (κ1) is 15.8. The van der Waals surface area contributed by atoms with Gasteiger partial charge in [-0.1, -0.05) is 36.4 Å². The average Bonchev–Trinajstić information content (AvgIpc) is 3.10. The van der Waals surface area contributed by atoms with Crippen molar-refractivity contribution in [2.45, 2.75) is 0 Å². The molecule has 0 aliphatic heterocycles. The van der Waals surface area contributed by atoms with E-state index in [2.05, 4.69) is 24.4 Å². The molecule has 0 saturated heterocycles. The number of anilines is 1. The van der Waals surface area contributed by atoms with Crippen molar-refractivity contribution in [2.24, 2.45) is 0 Å². The van der Waals surface area contributed by atoms with E-state index >= 15 is 0 Å². The number of nitrogens with one attached hydrogen (secondary N) is 1. The molecule has 1 N–H and O–H groups in total. The molecule has 0 fully saturated rings. The summed E-state index contributed by atoms with van der Waals surface area (Å²) in [6.45, 7) is 0. The van der Waals surface area contributed by atoms with Crippen LogP contribution >= 0.6 is 11.5 Å². The van der Waals surface area contributed by atoms with Gasteiger partial charge in [0.25, 0.3) is 5.91 Å². The average molecular weight is 340 g/mol. The number of pyridine rings is 1. The molecule has 2 aromatic heterocycles. The number of aromatic nitrogens is 3. The quantitative estimate of drug-likeness (QED) is 0.734. The summed E-state index contributed by atoms with van der Waals surface area (Å²) in [6.07, 6.45) is 0. The number of ether oxygens (including phenoxy) is 1. The molecule has 7 nitrogen and oxygen atoms in total. The van der Waals surface area contributed by atoms with Crippen LogP contribution in [0.2, 0.25) is 0 Å². The zero-order chi connectivity index (χ0) is 16.9. The topological polar surface area (TPSA) is 94.1 Å². The monoisotopic (exact) mass is 340 g/mol. The van der Waals surface area contributed by atoms with Crippen molar-refractivity contribution in [3.63, 3.8) is 0 Å². The first-order chi connectivity index (χ1) is 11.7. The summed E-state index contributed by atoms with van der Waals surface area (Å²) >= 11 is 1.07. The van der Waals surface area contributed by atoms with Gasteiger partial charge >= 0.3 is 5.97 Å². The highest BCUT2D eigenvalue weighted by atomic mass is 32.1. The molecule has 3 aromatic rings. The van der Waals surface area contributed by atoms with Crippen molar-refractivity contribution in [3.8, 4) is 11.4 Å². The molecule has 0 saturated carbocycles. The highest BCUT2D eigenvalue weighted by Gasteiger charge is 2.15. The summed E-state index contributed by atoms with van der Waals surface area (Å²) in [7, 11) is 1.25. The minimum Gasteiger partial charge on any atom is -0.464 e. The van der Waals surface area contributed by atoms with Crippen LogP contribution in [0.25, 0.3) is 11.4 Å². The third-order valence-electron chi connectivity index (χ3n) is 3.05. The third kappa shape index (κ3) is 3.44. The first-order valence-electron chi connectivity index (χ1n) is 6.93. The molecular weight excluding hydrogens is 328 g/mol. The predicted octanol–water partition coefficient (Wildman–Crippen LogP) is 2.64. The molecule has 0 aliphatic carbocycles. The molecule has 24 heavy (non-hydrogen) atoms. The first-order valence-corrected chi connectivity index (χ1v) is 7.70. The fourth-order valence-electron chi connectivity index (χ4n) is 1.92. The van der Waals surface area contributed by atoms with E-state index in [0.29, 0.717) is 11.0 Å². The summed E-state index contributed by atoms with van der Waals surface area (Å²) in [5.74, 6) is -0.546. The van der Waals surface area contributed by atoms with Crippen molar-refractivity contribution in [3.05, 3.63) is 59.9 Å². The maximum Gasteiger partial charge on any atom is 0.356 e. The van der Waals surface area contributed by atoms with Crippen molar-refractivity contribution >= 4 is 28.5 Å². The van der Waals surface area contributed by atoms with Gasteiger partial charge in [-0.2, -0.15) is 9.36 Å². The molecule has 0 aliphatic rings. The Balaban J connectivity index is 1.76. The molecule has 120 valence electrons. The second-order valence-electron chi connectivity index (χ2n) is 4.64. The standard InChI is InChI=1S/C16H12N4O3S/c1-23-15(22)12-9-5-8-11(17-12)14(21)19-16-18-13(20-24-16)10-6-3-2-4-7-10/h2-9H,1H3,(H,18,19,20,21). The molecular formula is C16H12N4O3S. The second-order valence-corrected chi connectivity index (χ2v) is 5.39. The van der Waals surface area contributed by atoms with E-state index in [1.807, 2.05) is 30.3 Å². The Labute approximate surface area is 141 Å². The van der Waals surface area contributed by atoms with Crippen molar-refractivity contribution < 1.29 is 14.3 Å². The highest BCUT2D eigenvalue weighted by Crippen LogP contribution is 2.21. The van der Waals surface area contributed by atoms with E-state index in [1.165, 1.54) is 19.2 Å². The van der Waals surface area contributed by atoms with E-state index in [1.54, 1.807) is 6.07 Å². The van der Waals surface area contributed by atoms with E-state index in [-0.39, 0.29) is 11.4 Å². The van der Waals surface area contributed by atoms with Gasteiger partial charge < -0.3 is 4.74 Å². The summed E-state index contributed by atoms with van der Waals surface area (Å²) < 4.78 is 8.80. The van der Waals surface area contributed by atoms with Gasteiger partial charge in [-0.15, -0.1) is 0 Å². The number of carbonyl (C=O) groups excluding carboxylic acids is 2. The summed E-state index contributed by atoms with van der Waals surface area (Å²) in [5, 5.41) is 2.97. The second kappa shape index (κ2) is 6.97. The van der Waals surface area contributed by atoms with Crippen LogP contribution < -0.4 is 5.32 Å². The SMILES string of the molecule is COC(=O)c1cccc(C(=O)Nc2nc(-c3ccccc3)ns2)n1. The number of carbonyl (C=O) groups is 2. The Morgan fingerprint density at radius 1 is 1.00 bits per heavy atom. The van der Waals surface area contributed by atoms with E-state index in [9.17, 15) is 9.59 Å². The number of rotatable bonds is 4. The summed E-state index contributed by atoms with van der Waals surface area (Å²) in [6, 6.07) is 14.0. The van der Waals surface area contributed by atoms with Crippen molar-refractivity contribution in [1.29, 1.82) is 0 Å². The maximum absolute atomic E-state index is 12.2. The number of hydrogen-bond donors (Lipinski definition) is 1. The number of amides is 1. The lowest BCUT2D eigenvalue weighted by Gasteiger charge is -2.02. The van der Waals surface area contributed by atoms with Gasteiger partial charge in [-0.05, 0) is 12.1 Å². The van der Waals surface area contributed by atoms with E-state index in [4.69, 9.17) is 0 Å². The zero-order valence-electron chi connectivity index (χ0n) is 12.6. The lowest BCUT2D eigenvalue weighted by atomic mass is 10.2. The molecule has 1 amide bonds. The molecule has 0 spiro atoms. The van der Waals surface area contributed by atoms with Crippen LogP contribution in [0.4, 0.5) is 5.13 Å². The molecule has 1 aromatic carbocycles. The predicted molar refractivity (Wildman–Crippen MR) is 88.9 cm³/mol. The molecule has 0 bridgehead atoms. The minimum atomic E-state index is -0.605. The lowest BCUT2D eigenvalue weighted by Crippen LogP contribution is -2.15. The number of nitrogens with zero attached hydrogens (tertiary/aromatic N) is 3. The largest absolute Gasteiger partial charge is 0.464 e. The highest BCUT2D eigenvalue weighted by molar-refractivity contribution is 7.10. The summed E-state index contributed by atoms with van der Waals surface area (Å²) in [5.41, 5.74) is 1.02. The smallest absolute Gasteiger partial charge is 0.356 e. The Morgan fingerprint density at radius 2 is 1.75 bits per heavy atom. The maximum atomic E-state index is 12.2. The van der Waals surface area contributed by atoms with Crippen molar-refractivity contribution in [1.82, 2.24) is 14.3 Å². The normalized spacial score (nSPS) is 10.2. The fourth-order valence-corrected chi connectivity index (χ4v) is 2.50. The lowest BCUT2D eigenvalue weighted by molar-refractivity contribution is 0.0594. The zero-order valence-corrected chi connectivity index (χ0v) is 13.4. The van der Waals surface area contributed by atoms with Crippen LogP contribution in [0.1, 0.15) is 21.0 Å². The van der Waals surface area contributed by atoms with Crippen molar-refractivity contribution in [2.75, 3.05) is 12.4 Å². The number of hydrogen-bond acceptors (Lipinski definition) is 7. The minimum absolute atomic E-state index is 0.0624. The fraction of sp³-hybridized carbons (Fsp3) is 0.0625. The molecule has 0 atom stereocenters. The summed E-state index contributed by atoms with van der Waals surface area (Å²) in [4.78, 5) is 32.0. The van der Waals surface area contributed by atoms with Crippen LogP contribution in [-0.2, 0) is 4.74 Å². The van der Waals surface area contributed by atoms with Crippen LogP contribution in [0, 0.1) is 0 Å². The van der Waals surface area contributed by atoms with Crippen LogP contribution in [-0.4, -0.2) is 33.3 Å². The Morgan fingerprint density at radius 3 is 2.50 bits per heavy atom. The van der Waals surface area contributed by atoms with Crippen LogP contribution in [0.3, 0.4) is 0 Å². The van der Waals surface area contributed by atoms with Crippen LogP contribution in [0.5, 0.6) is 0 Å². The molecule has 8 heteroatoms. The van der Waals surface area contributed by atoms with Gasteiger partial charge in [0.1, 0.15) is 11.4 Å². The van der Waals surface area contributed by atoms with Gasteiger partial charge in [0.2, 0.25) is 5.13 Å². The molecule has 0 radical (unpaired) electrons. The van der Waals surface area contributed by atoms with Gasteiger partial charge in [0.05, 0.1) is 7.11 Å². The number of methoxy groups -OCH3 is 1. The molecule has 0 unspecified atom stereocenters. The van der Waals surface area contributed by atoms with Gasteiger partial charge in [0, 0.05) is 17.1 Å². The van der Waals surface area contributed by atoms with Gasteiger partial charge in [0.15, 0.2) is 5.82 Å². The third-order valence-corrected chi connectivity index (χ3v) is 3.69. The van der Waals surface area contributed by atoms with Gasteiger partial charge in [-0.25, -0.2) is 9.78 Å². The van der Waals surface area contributed by atoms with E-state index < -0.39 is 11.9 Å². The Hall–Kier alpha value is -3.13. The van der Waals surface area contributed by atoms with Crippen LogP contribution in [0.15, 0.2) is 48.5 Å². The Kier molecular flexibility index (Phi) is 4.57. The Bertz CT molecular complexity index is 880. The number of benzene rings is 1. The number of esters is 1. The van der Waals surface area contributed by atoms with Gasteiger partial charge in [-0.3, -0.25) is 10.1 Å². The van der Waals surface area contributed by atoms with E-state index in [0.717, 1.165) is 17.1 Å². The molecule has 3 rings (SSSR count).